The lowest BCUT2D eigenvalue weighted by Crippen LogP contribution is -2.28. The van der Waals surface area contributed by atoms with E-state index in [0.29, 0.717) is 5.56 Å². The summed E-state index contributed by atoms with van der Waals surface area (Å²) < 4.78 is 0. The van der Waals surface area contributed by atoms with Gasteiger partial charge in [-0.2, -0.15) is 0 Å². The standard InChI is InChI=1S/C17H19N3O/c1-20(2)10-9-18-12-7-8-14-16(11-12)19-15-6-4-3-5-13(15)17(14)21/h3-6,8,11,18H,7,9-10H2,1-2H3. The molecule has 1 N–H and O–H groups in total. The smallest absolute Gasteiger partial charge is 0.197 e. The minimum absolute atomic E-state index is 0.0826. The molecule has 1 aromatic rings. The van der Waals surface area contributed by atoms with E-state index < -0.39 is 0 Å². The van der Waals surface area contributed by atoms with Gasteiger partial charge in [-0.3, -0.25) is 4.79 Å². The van der Waals surface area contributed by atoms with Crippen LogP contribution in [0.1, 0.15) is 16.8 Å². The summed E-state index contributed by atoms with van der Waals surface area (Å²) in [7, 11) is 4.10. The highest BCUT2D eigenvalue weighted by Gasteiger charge is 2.26. The molecule has 0 amide bonds. The predicted octanol–water partition coefficient (Wildman–Crippen LogP) is 2.32. The molecule has 3 rings (SSSR count). The highest BCUT2D eigenvalue weighted by Crippen LogP contribution is 2.30. The summed E-state index contributed by atoms with van der Waals surface area (Å²) >= 11 is 0. The Kier molecular flexibility index (Phi) is 3.71. The molecule has 1 aromatic carbocycles. The molecule has 0 atom stereocenters. The fourth-order valence-corrected chi connectivity index (χ4v) is 2.52. The second-order valence-electron chi connectivity index (χ2n) is 5.56. The number of rotatable bonds is 4. The quantitative estimate of drug-likeness (QED) is 0.921. The number of fused-ring (bicyclic) bond motifs is 2. The number of hydrogen-bond donors (Lipinski definition) is 1. The molecule has 108 valence electrons. The average Bonchev–Trinajstić information content (AvgIpc) is 2.47. The van der Waals surface area contributed by atoms with E-state index in [1.54, 1.807) is 0 Å². The van der Waals surface area contributed by atoms with Crippen LogP contribution in [0, 0.1) is 0 Å². The normalized spacial score (nSPS) is 16.7. The molecule has 0 spiro atoms. The Labute approximate surface area is 124 Å². The number of aliphatic imine (C=N–C) groups is 1. The van der Waals surface area contributed by atoms with Gasteiger partial charge in [0, 0.05) is 36.3 Å². The highest BCUT2D eigenvalue weighted by atomic mass is 16.1. The summed E-state index contributed by atoms with van der Waals surface area (Å²) in [5.41, 5.74) is 4.08. The van der Waals surface area contributed by atoms with Gasteiger partial charge in [-0.15, -0.1) is 0 Å². The zero-order valence-electron chi connectivity index (χ0n) is 12.4. The number of nitrogens with one attached hydrogen (secondary N) is 1. The van der Waals surface area contributed by atoms with E-state index in [1.165, 1.54) is 0 Å². The second kappa shape index (κ2) is 5.66. The van der Waals surface area contributed by atoms with E-state index in [9.17, 15) is 4.79 Å². The Hall–Kier alpha value is -2.20. The van der Waals surface area contributed by atoms with Crippen molar-refractivity contribution >= 4 is 17.2 Å². The maximum atomic E-state index is 12.5. The second-order valence-corrected chi connectivity index (χ2v) is 5.56. The SMILES string of the molecule is CN(C)CCNC1=CC2=Nc3ccccc3C(=O)C2=CC1. The third kappa shape index (κ3) is 2.81. The van der Waals surface area contributed by atoms with Gasteiger partial charge in [0.05, 0.1) is 11.4 Å². The molecule has 0 unspecified atom stereocenters. The number of benzene rings is 1. The molecule has 0 radical (unpaired) electrons. The van der Waals surface area contributed by atoms with Gasteiger partial charge < -0.3 is 10.2 Å². The summed E-state index contributed by atoms with van der Waals surface area (Å²) in [6, 6.07) is 7.52. The van der Waals surface area contributed by atoms with Crippen LogP contribution in [0.2, 0.25) is 0 Å². The Bertz CT molecular complexity index is 668. The minimum atomic E-state index is 0.0826. The van der Waals surface area contributed by atoms with Crippen molar-refractivity contribution in [3.05, 3.63) is 53.3 Å². The van der Waals surface area contributed by atoms with Crippen LogP contribution in [-0.4, -0.2) is 43.6 Å². The molecule has 0 aromatic heterocycles. The van der Waals surface area contributed by atoms with E-state index in [1.807, 2.05) is 36.4 Å². The molecule has 4 heteroatoms. The zero-order chi connectivity index (χ0) is 14.8. The van der Waals surface area contributed by atoms with Crippen molar-refractivity contribution in [3.8, 4) is 0 Å². The lowest BCUT2D eigenvalue weighted by Gasteiger charge is -2.21. The van der Waals surface area contributed by atoms with E-state index in [4.69, 9.17) is 0 Å². The van der Waals surface area contributed by atoms with Gasteiger partial charge in [0.25, 0.3) is 0 Å². The zero-order valence-corrected chi connectivity index (χ0v) is 12.4. The number of likely N-dealkylation sites (N-methyl/N-ethyl adjacent to an activating group) is 1. The van der Waals surface area contributed by atoms with Gasteiger partial charge in [0.2, 0.25) is 0 Å². The van der Waals surface area contributed by atoms with Crippen molar-refractivity contribution in [2.45, 2.75) is 6.42 Å². The molecule has 1 aliphatic carbocycles. The van der Waals surface area contributed by atoms with Crippen molar-refractivity contribution in [3.63, 3.8) is 0 Å². The number of nitrogens with zero attached hydrogens (tertiary/aromatic N) is 2. The third-order valence-electron chi connectivity index (χ3n) is 3.66. The van der Waals surface area contributed by atoms with E-state index in [2.05, 4.69) is 29.3 Å². The van der Waals surface area contributed by atoms with Crippen LogP contribution in [0.3, 0.4) is 0 Å². The number of ketones is 1. The predicted molar refractivity (Wildman–Crippen MR) is 85.2 cm³/mol. The van der Waals surface area contributed by atoms with E-state index >= 15 is 0 Å². The van der Waals surface area contributed by atoms with E-state index in [-0.39, 0.29) is 5.78 Å². The summed E-state index contributed by atoms with van der Waals surface area (Å²) in [6.07, 6.45) is 4.74. The maximum Gasteiger partial charge on any atom is 0.197 e. The van der Waals surface area contributed by atoms with Crippen LogP contribution in [0.5, 0.6) is 0 Å². The monoisotopic (exact) mass is 281 g/mol. The number of hydrogen-bond acceptors (Lipinski definition) is 4. The Morgan fingerprint density at radius 3 is 2.90 bits per heavy atom. The number of carbonyl (C=O) groups is 1. The topological polar surface area (TPSA) is 44.7 Å². The summed E-state index contributed by atoms with van der Waals surface area (Å²) in [5.74, 6) is 0.0826. The third-order valence-corrected chi connectivity index (χ3v) is 3.66. The van der Waals surface area contributed by atoms with Crippen LogP contribution in [0.15, 0.2) is 52.7 Å². The fourth-order valence-electron chi connectivity index (χ4n) is 2.52. The molecular formula is C17H19N3O. The van der Waals surface area contributed by atoms with Gasteiger partial charge in [-0.1, -0.05) is 18.2 Å². The summed E-state index contributed by atoms with van der Waals surface area (Å²) in [5, 5.41) is 3.41. The van der Waals surface area contributed by atoms with Crippen molar-refractivity contribution in [1.29, 1.82) is 0 Å². The number of Topliss-reactive ketones (excluding diaryl/α,β-unsaturated/α-hetero) is 1. The number of para-hydroxylation sites is 1. The molecule has 2 aliphatic rings. The molecule has 1 aliphatic heterocycles. The van der Waals surface area contributed by atoms with Gasteiger partial charge in [0.1, 0.15) is 0 Å². The van der Waals surface area contributed by atoms with Crippen LogP contribution in [-0.2, 0) is 0 Å². The molecule has 0 fully saturated rings. The molecule has 0 bridgehead atoms. The minimum Gasteiger partial charge on any atom is -0.387 e. The van der Waals surface area contributed by atoms with Gasteiger partial charge in [0.15, 0.2) is 5.78 Å². The highest BCUT2D eigenvalue weighted by molar-refractivity contribution is 6.35. The largest absolute Gasteiger partial charge is 0.387 e. The molecule has 0 saturated heterocycles. The average molecular weight is 281 g/mol. The van der Waals surface area contributed by atoms with E-state index in [0.717, 1.165) is 42.2 Å². The Morgan fingerprint density at radius 2 is 2.10 bits per heavy atom. The Balaban J connectivity index is 1.83. The lowest BCUT2D eigenvalue weighted by atomic mass is 9.90. The summed E-state index contributed by atoms with van der Waals surface area (Å²) in [4.78, 5) is 19.2. The van der Waals surface area contributed by atoms with Gasteiger partial charge >= 0.3 is 0 Å². The van der Waals surface area contributed by atoms with Crippen molar-refractivity contribution in [2.24, 2.45) is 4.99 Å². The number of allylic oxidation sites excluding steroid dienone is 3. The fraction of sp³-hybridized carbons (Fsp3) is 0.294. The first kappa shape index (κ1) is 13.8. The van der Waals surface area contributed by atoms with Crippen molar-refractivity contribution in [1.82, 2.24) is 10.2 Å². The van der Waals surface area contributed by atoms with Crippen LogP contribution >= 0.6 is 0 Å². The molecule has 1 heterocycles. The maximum absolute atomic E-state index is 12.5. The molecule has 21 heavy (non-hydrogen) atoms. The first-order valence-electron chi connectivity index (χ1n) is 7.17. The molecule has 0 saturated carbocycles. The Morgan fingerprint density at radius 1 is 1.29 bits per heavy atom. The lowest BCUT2D eigenvalue weighted by molar-refractivity contribution is 0.104. The van der Waals surface area contributed by atoms with Crippen LogP contribution in [0.25, 0.3) is 0 Å². The van der Waals surface area contributed by atoms with Gasteiger partial charge in [-0.05, 0) is 32.3 Å². The van der Waals surface area contributed by atoms with Gasteiger partial charge in [-0.25, -0.2) is 4.99 Å². The van der Waals surface area contributed by atoms with Crippen LogP contribution in [0.4, 0.5) is 5.69 Å². The first-order valence-corrected chi connectivity index (χ1v) is 7.17. The van der Waals surface area contributed by atoms with Crippen LogP contribution < -0.4 is 5.32 Å². The first-order chi connectivity index (χ1) is 10.1. The van der Waals surface area contributed by atoms with Crippen molar-refractivity contribution < 1.29 is 4.79 Å². The summed E-state index contributed by atoms with van der Waals surface area (Å²) in [6.45, 7) is 1.86. The van der Waals surface area contributed by atoms with Crippen molar-refractivity contribution in [2.75, 3.05) is 27.2 Å². The molecular weight excluding hydrogens is 262 g/mol. The molecule has 4 nitrogen and oxygen atoms in total. The number of carbonyl (C=O) groups excluding carboxylic acids is 1.